The molecular weight excluding hydrogens is 378 g/mol. The lowest BCUT2D eigenvalue weighted by Crippen LogP contribution is -2.29. The number of nitrogens with zero attached hydrogens (tertiary/aromatic N) is 3. The second-order valence-electron chi connectivity index (χ2n) is 6.84. The molecule has 0 radical (unpaired) electrons. The highest BCUT2D eigenvalue weighted by Gasteiger charge is 2.16. The summed E-state index contributed by atoms with van der Waals surface area (Å²) in [6.07, 6.45) is 2.36. The number of benzene rings is 1. The Balaban J connectivity index is 1.57. The number of methoxy groups -OCH3 is 1. The van der Waals surface area contributed by atoms with Crippen LogP contribution < -0.4 is 19.7 Å². The second-order valence-corrected chi connectivity index (χ2v) is 8.61. The first-order valence-corrected chi connectivity index (χ1v) is 10.9. The van der Waals surface area contributed by atoms with Crippen molar-refractivity contribution < 1.29 is 13.2 Å². The minimum atomic E-state index is -3.59. The average molecular weight is 406 g/mol. The van der Waals surface area contributed by atoms with Crippen LogP contribution in [0.2, 0.25) is 0 Å². The minimum absolute atomic E-state index is 0.217. The number of anilines is 2. The molecule has 0 atom stereocenters. The van der Waals surface area contributed by atoms with E-state index in [1.807, 2.05) is 19.9 Å². The van der Waals surface area contributed by atoms with Crippen LogP contribution in [0.25, 0.3) is 0 Å². The number of aryl methyl sites for hydroxylation is 2. The third kappa shape index (κ3) is 4.90. The summed E-state index contributed by atoms with van der Waals surface area (Å²) in [7, 11) is -2.03. The van der Waals surface area contributed by atoms with Gasteiger partial charge in [0, 0.05) is 37.9 Å². The van der Waals surface area contributed by atoms with Gasteiger partial charge in [0.25, 0.3) is 0 Å². The summed E-state index contributed by atoms with van der Waals surface area (Å²) in [4.78, 5) is 11.4. The molecule has 1 fully saturated rings. The molecule has 1 aliphatic rings. The van der Waals surface area contributed by atoms with Gasteiger partial charge in [0.1, 0.15) is 11.6 Å². The summed E-state index contributed by atoms with van der Waals surface area (Å²) in [5, 5.41) is 3.11. The Morgan fingerprint density at radius 2 is 1.86 bits per heavy atom. The summed E-state index contributed by atoms with van der Waals surface area (Å²) >= 11 is 0. The molecule has 0 spiro atoms. The topological polar surface area (TPSA) is 96.5 Å². The second kappa shape index (κ2) is 8.74. The lowest BCUT2D eigenvalue weighted by molar-refractivity contribution is 0.411. The molecule has 2 aromatic rings. The standard InChI is InChI=1S/C19H27N5O3S/c1-14-12-16(6-7-17(14)27-3)28(25,26)21-9-8-20-19-22-15(2)13-18(23-19)24-10-4-5-11-24/h6-7,12-13,21H,4-5,8-11H2,1-3H3,(H,20,22,23). The zero-order valence-corrected chi connectivity index (χ0v) is 17.3. The van der Waals surface area contributed by atoms with E-state index in [0.717, 1.165) is 30.2 Å². The molecule has 0 saturated carbocycles. The maximum absolute atomic E-state index is 12.5. The van der Waals surface area contributed by atoms with Gasteiger partial charge in [-0.3, -0.25) is 0 Å². The van der Waals surface area contributed by atoms with E-state index in [1.165, 1.54) is 18.9 Å². The van der Waals surface area contributed by atoms with Crippen LogP contribution in [0.5, 0.6) is 5.75 Å². The van der Waals surface area contributed by atoms with Crippen LogP contribution in [0.3, 0.4) is 0 Å². The molecule has 2 heterocycles. The predicted octanol–water partition coefficient (Wildman–Crippen LogP) is 2.09. The Morgan fingerprint density at radius 1 is 1.11 bits per heavy atom. The van der Waals surface area contributed by atoms with Crippen molar-refractivity contribution in [2.24, 2.45) is 0 Å². The Kier molecular flexibility index (Phi) is 6.35. The normalized spacial score (nSPS) is 14.3. The maximum atomic E-state index is 12.5. The lowest BCUT2D eigenvalue weighted by Gasteiger charge is -2.17. The Bertz CT molecular complexity index is 927. The minimum Gasteiger partial charge on any atom is -0.496 e. The summed E-state index contributed by atoms with van der Waals surface area (Å²) in [5.74, 6) is 2.09. The van der Waals surface area contributed by atoms with Gasteiger partial charge in [-0.15, -0.1) is 0 Å². The van der Waals surface area contributed by atoms with Gasteiger partial charge in [0.15, 0.2) is 0 Å². The van der Waals surface area contributed by atoms with Crippen molar-refractivity contribution in [1.82, 2.24) is 14.7 Å². The largest absolute Gasteiger partial charge is 0.496 e. The number of hydrogen-bond donors (Lipinski definition) is 2. The predicted molar refractivity (Wildman–Crippen MR) is 110 cm³/mol. The first kappa shape index (κ1) is 20.3. The smallest absolute Gasteiger partial charge is 0.240 e. The van der Waals surface area contributed by atoms with Gasteiger partial charge < -0.3 is 15.0 Å². The zero-order valence-electron chi connectivity index (χ0n) is 16.5. The van der Waals surface area contributed by atoms with Gasteiger partial charge in [-0.25, -0.2) is 18.1 Å². The first-order valence-electron chi connectivity index (χ1n) is 9.38. The number of sulfonamides is 1. The van der Waals surface area contributed by atoms with Crippen molar-refractivity contribution in [2.45, 2.75) is 31.6 Å². The van der Waals surface area contributed by atoms with E-state index in [0.29, 0.717) is 18.2 Å². The third-order valence-electron chi connectivity index (χ3n) is 4.65. The molecule has 152 valence electrons. The number of nitrogens with one attached hydrogen (secondary N) is 2. The highest BCUT2D eigenvalue weighted by molar-refractivity contribution is 7.89. The van der Waals surface area contributed by atoms with Crippen LogP contribution in [-0.2, 0) is 10.0 Å². The van der Waals surface area contributed by atoms with E-state index >= 15 is 0 Å². The van der Waals surface area contributed by atoms with E-state index in [-0.39, 0.29) is 11.4 Å². The van der Waals surface area contributed by atoms with Crippen molar-refractivity contribution in [2.75, 3.05) is 43.5 Å². The molecule has 28 heavy (non-hydrogen) atoms. The molecule has 0 amide bonds. The lowest BCUT2D eigenvalue weighted by atomic mass is 10.2. The molecule has 1 aromatic heterocycles. The van der Waals surface area contributed by atoms with E-state index in [2.05, 4.69) is 24.9 Å². The van der Waals surface area contributed by atoms with Crippen molar-refractivity contribution >= 4 is 21.8 Å². The maximum Gasteiger partial charge on any atom is 0.240 e. The fourth-order valence-electron chi connectivity index (χ4n) is 3.20. The Morgan fingerprint density at radius 3 is 2.54 bits per heavy atom. The quantitative estimate of drug-likeness (QED) is 0.649. The van der Waals surface area contributed by atoms with Crippen LogP contribution in [0.1, 0.15) is 24.1 Å². The third-order valence-corrected chi connectivity index (χ3v) is 6.11. The van der Waals surface area contributed by atoms with Crippen LogP contribution in [0.4, 0.5) is 11.8 Å². The highest BCUT2D eigenvalue weighted by Crippen LogP contribution is 2.21. The Hall–Kier alpha value is -2.39. The molecule has 1 aliphatic heterocycles. The number of rotatable bonds is 8. The van der Waals surface area contributed by atoms with Crippen LogP contribution in [-0.4, -0.2) is 51.7 Å². The van der Waals surface area contributed by atoms with Crippen LogP contribution in [0, 0.1) is 13.8 Å². The number of hydrogen-bond acceptors (Lipinski definition) is 7. The molecule has 2 N–H and O–H groups in total. The van der Waals surface area contributed by atoms with Gasteiger partial charge >= 0.3 is 0 Å². The van der Waals surface area contributed by atoms with Crippen molar-refractivity contribution in [3.05, 3.63) is 35.5 Å². The molecule has 1 saturated heterocycles. The van der Waals surface area contributed by atoms with Gasteiger partial charge in [-0.1, -0.05) is 0 Å². The first-order chi connectivity index (χ1) is 13.4. The Labute approximate surface area is 166 Å². The SMILES string of the molecule is COc1ccc(S(=O)(=O)NCCNc2nc(C)cc(N3CCCC3)n2)cc1C. The molecule has 9 heteroatoms. The molecule has 3 rings (SSSR count). The van der Waals surface area contributed by atoms with Crippen molar-refractivity contribution in [3.63, 3.8) is 0 Å². The summed E-state index contributed by atoms with van der Waals surface area (Å²) in [6.45, 7) is 6.38. The zero-order chi connectivity index (χ0) is 20.1. The molecule has 0 unspecified atom stereocenters. The van der Waals surface area contributed by atoms with Gasteiger partial charge in [-0.05, 0) is 50.5 Å². The van der Waals surface area contributed by atoms with Crippen LogP contribution in [0.15, 0.2) is 29.2 Å². The fourth-order valence-corrected chi connectivity index (χ4v) is 4.32. The van der Waals surface area contributed by atoms with Crippen LogP contribution >= 0.6 is 0 Å². The van der Waals surface area contributed by atoms with Crippen molar-refractivity contribution in [1.29, 1.82) is 0 Å². The average Bonchev–Trinajstić information content (AvgIpc) is 3.19. The number of aromatic nitrogens is 2. The summed E-state index contributed by atoms with van der Waals surface area (Å²) in [5.41, 5.74) is 1.65. The van der Waals surface area contributed by atoms with E-state index < -0.39 is 10.0 Å². The number of ether oxygens (including phenoxy) is 1. The van der Waals surface area contributed by atoms with Gasteiger partial charge in [-0.2, -0.15) is 4.98 Å². The van der Waals surface area contributed by atoms with Gasteiger partial charge in [0.2, 0.25) is 16.0 Å². The highest BCUT2D eigenvalue weighted by atomic mass is 32.2. The molecule has 0 aliphatic carbocycles. The summed E-state index contributed by atoms with van der Waals surface area (Å²) < 4.78 is 32.7. The summed E-state index contributed by atoms with van der Waals surface area (Å²) in [6, 6.07) is 6.77. The van der Waals surface area contributed by atoms with Gasteiger partial charge in [0.05, 0.1) is 12.0 Å². The molecular formula is C19H27N5O3S. The molecule has 8 nitrogen and oxygen atoms in total. The van der Waals surface area contributed by atoms with Crippen molar-refractivity contribution in [3.8, 4) is 5.75 Å². The fraction of sp³-hybridized carbons (Fsp3) is 0.474. The van der Waals surface area contributed by atoms with E-state index in [4.69, 9.17) is 4.74 Å². The van der Waals surface area contributed by atoms with E-state index in [1.54, 1.807) is 19.2 Å². The molecule has 0 bridgehead atoms. The van der Waals surface area contributed by atoms with E-state index in [9.17, 15) is 8.42 Å². The molecule has 1 aromatic carbocycles. The monoisotopic (exact) mass is 405 g/mol.